The minimum Gasteiger partial charge on any atom is -0.354 e. The molecule has 0 saturated heterocycles. The molecular formula is C21H27N7S. The molecule has 7 nitrogen and oxygen atoms in total. The Bertz CT molecular complexity index is 947. The first kappa shape index (κ1) is 19.6. The highest BCUT2D eigenvalue weighted by Gasteiger charge is 2.25. The van der Waals surface area contributed by atoms with Crippen molar-refractivity contribution < 1.29 is 0 Å². The van der Waals surface area contributed by atoms with E-state index < -0.39 is 0 Å². The summed E-state index contributed by atoms with van der Waals surface area (Å²) in [6, 6.07) is 13.3. The highest BCUT2D eigenvalue weighted by molar-refractivity contribution is 7.10. The maximum atomic E-state index is 4.38. The minimum atomic E-state index is 0.276. The normalized spacial score (nSPS) is 15.7. The molecule has 1 unspecified atom stereocenters. The van der Waals surface area contributed by atoms with Gasteiger partial charge in [-0.2, -0.15) is 5.10 Å². The number of thiophene rings is 1. The number of rotatable bonds is 6. The average molecular weight is 410 g/mol. The van der Waals surface area contributed by atoms with Crippen molar-refractivity contribution in [3.8, 4) is 0 Å². The Morgan fingerprint density at radius 1 is 1.24 bits per heavy atom. The molecule has 4 rings (SSSR count). The molecule has 1 aliphatic rings. The molecule has 0 aliphatic carbocycles. The number of nitrogens with zero attached hydrogens (tertiary/aromatic N) is 5. The zero-order chi connectivity index (χ0) is 20.1. The Labute approximate surface area is 175 Å². The van der Waals surface area contributed by atoms with E-state index in [0.29, 0.717) is 6.54 Å². The van der Waals surface area contributed by atoms with Crippen molar-refractivity contribution in [1.29, 1.82) is 0 Å². The zero-order valence-corrected chi connectivity index (χ0v) is 17.7. The fourth-order valence-corrected chi connectivity index (χ4v) is 4.62. The summed E-state index contributed by atoms with van der Waals surface area (Å²) in [5.74, 6) is 1.63. The molecule has 0 saturated carbocycles. The van der Waals surface area contributed by atoms with E-state index in [4.69, 9.17) is 0 Å². The van der Waals surface area contributed by atoms with Gasteiger partial charge >= 0.3 is 0 Å². The predicted octanol–water partition coefficient (Wildman–Crippen LogP) is 2.34. The predicted molar refractivity (Wildman–Crippen MR) is 117 cm³/mol. The number of aryl methyl sites for hydroxylation is 1. The number of guanidine groups is 1. The summed E-state index contributed by atoms with van der Waals surface area (Å²) in [5, 5.41) is 13.2. The summed E-state index contributed by atoms with van der Waals surface area (Å²) in [6.45, 7) is 3.42. The largest absolute Gasteiger partial charge is 0.354 e. The molecule has 152 valence electrons. The lowest BCUT2D eigenvalue weighted by molar-refractivity contribution is 0.181. The molecule has 0 radical (unpaired) electrons. The first-order chi connectivity index (χ1) is 14.2. The Balaban J connectivity index is 1.43. The molecule has 2 aromatic heterocycles. The van der Waals surface area contributed by atoms with Gasteiger partial charge in [-0.3, -0.25) is 14.6 Å². The zero-order valence-electron chi connectivity index (χ0n) is 16.9. The summed E-state index contributed by atoms with van der Waals surface area (Å²) in [5.41, 5.74) is 2.79. The maximum absolute atomic E-state index is 4.38. The van der Waals surface area contributed by atoms with Gasteiger partial charge in [-0.25, -0.2) is 4.98 Å². The molecule has 2 N–H and O–H groups in total. The lowest BCUT2D eigenvalue weighted by Crippen LogP contribution is -2.44. The molecule has 0 fully saturated rings. The van der Waals surface area contributed by atoms with Crippen LogP contribution in [0.5, 0.6) is 0 Å². The van der Waals surface area contributed by atoms with Crippen LogP contribution in [0.3, 0.4) is 0 Å². The summed E-state index contributed by atoms with van der Waals surface area (Å²) in [6.07, 6.45) is 2.68. The fraction of sp³-hybridized carbons (Fsp3) is 0.381. The van der Waals surface area contributed by atoms with Crippen molar-refractivity contribution in [3.05, 3.63) is 69.9 Å². The van der Waals surface area contributed by atoms with E-state index >= 15 is 0 Å². The van der Waals surface area contributed by atoms with Gasteiger partial charge in [-0.1, -0.05) is 30.3 Å². The molecule has 8 heteroatoms. The molecule has 1 atom stereocenters. The van der Waals surface area contributed by atoms with Crippen molar-refractivity contribution in [1.82, 2.24) is 30.3 Å². The Morgan fingerprint density at radius 2 is 2.10 bits per heavy atom. The van der Waals surface area contributed by atoms with E-state index in [1.54, 1.807) is 18.1 Å². The van der Waals surface area contributed by atoms with Crippen molar-refractivity contribution in [3.63, 3.8) is 0 Å². The van der Waals surface area contributed by atoms with Gasteiger partial charge in [0.15, 0.2) is 5.96 Å². The first-order valence-electron chi connectivity index (χ1n) is 9.86. The van der Waals surface area contributed by atoms with Crippen LogP contribution < -0.4 is 10.6 Å². The molecule has 1 aliphatic heterocycles. The highest BCUT2D eigenvalue weighted by Crippen LogP contribution is 2.30. The maximum Gasteiger partial charge on any atom is 0.191 e. The monoisotopic (exact) mass is 409 g/mol. The van der Waals surface area contributed by atoms with Crippen molar-refractivity contribution in [2.45, 2.75) is 25.6 Å². The topological polar surface area (TPSA) is 70.4 Å². The van der Waals surface area contributed by atoms with E-state index in [0.717, 1.165) is 37.8 Å². The number of aliphatic imine (C=N–C) groups is 1. The number of benzene rings is 1. The number of hydrogen-bond donors (Lipinski definition) is 2. The molecule has 1 aromatic carbocycles. The third-order valence-corrected chi connectivity index (χ3v) is 6.39. The average Bonchev–Trinajstić information content (AvgIpc) is 3.39. The van der Waals surface area contributed by atoms with Gasteiger partial charge in [0.25, 0.3) is 0 Å². The van der Waals surface area contributed by atoms with Crippen LogP contribution in [0.4, 0.5) is 0 Å². The van der Waals surface area contributed by atoms with Crippen LogP contribution >= 0.6 is 11.3 Å². The SMILES string of the molecule is CN=C(NCc1ncnn1C)NCC(c1ccccc1)N1CCc2sccc2C1. The van der Waals surface area contributed by atoms with Gasteiger partial charge in [0.1, 0.15) is 12.2 Å². The number of nitrogens with one attached hydrogen (secondary N) is 2. The molecule has 3 aromatic rings. The Hall–Kier alpha value is -2.71. The van der Waals surface area contributed by atoms with Gasteiger partial charge in [0, 0.05) is 38.6 Å². The second-order valence-electron chi connectivity index (χ2n) is 7.12. The Morgan fingerprint density at radius 3 is 2.86 bits per heavy atom. The van der Waals surface area contributed by atoms with E-state index in [9.17, 15) is 0 Å². The van der Waals surface area contributed by atoms with Crippen LogP contribution in [-0.4, -0.2) is 45.8 Å². The lowest BCUT2D eigenvalue weighted by atomic mass is 10.0. The van der Waals surface area contributed by atoms with Crippen molar-refractivity contribution in [2.24, 2.45) is 12.0 Å². The van der Waals surface area contributed by atoms with Crippen LogP contribution in [0.2, 0.25) is 0 Å². The van der Waals surface area contributed by atoms with E-state index in [2.05, 4.69) is 72.4 Å². The lowest BCUT2D eigenvalue weighted by Gasteiger charge is -2.35. The fourth-order valence-electron chi connectivity index (χ4n) is 3.73. The molecular weight excluding hydrogens is 382 g/mol. The smallest absolute Gasteiger partial charge is 0.191 e. The quantitative estimate of drug-likeness (QED) is 0.483. The van der Waals surface area contributed by atoms with Gasteiger partial charge in [0.2, 0.25) is 0 Å². The standard InChI is InChI=1S/C21H27N7S/c1-22-21(24-13-20-25-15-26-27(20)2)23-12-18(16-6-4-3-5-7-16)28-10-8-19-17(14-28)9-11-29-19/h3-7,9,11,15,18H,8,10,12-14H2,1-2H3,(H2,22,23,24). The van der Waals surface area contributed by atoms with E-state index in [1.807, 2.05) is 18.4 Å². The summed E-state index contributed by atoms with van der Waals surface area (Å²) in [7, 11) is 3.68. The van der Waals surface area contributed by atoms with Crippen molar-refractivity contribution in [2.75, 3.05) is 20.1 Å². The third kappa shape index (κ3) is 4.65. The number of fused-ring (bicyclic) bond motifs is 1. The minimum absolute atomic E-state index is 0.276. The van der Waals surface area contributed by atoms with Crippen LogP contribution in [0.1, 0.15) is 27.9 Å². The number of aromatic nitrogens is 3. The van der Waals surface area contributed by atoms with Crippen LogP contribution in [-0.2, 0) is 26.6 Å². The molecule has 0 amide bonds. The van der Waals surface area contributed by atoms with Crippen molar-refractivity contribution >= 4 is 17.3 Å². The second kappa shape index (κ2) is 9.19. The number of hydrogen-bond acceptors (Lipinski definition) is 5. The van der Waals surface area contributed by atoms with E-state index in [1.165, 1.54) is 16.0 Å². The second-order valence-corrected chi connectivity index (χ2v) is 8.12. The molecule has 3 heterocycles. The van der Waals surface area contributed by atoms with Crippen LogP contribution in [0.15, 0.2) is 53.1 Å². The summed E-state index contributed by atoms with van der Waals surface area (Å²) >= 11 is 1.88. The first-order valence-corrected chi connectivity index (χ1v) is 10.7. The molecule has 0 spiro atoms. The third-order valence-electron chi connectivity index (χ3n) is 5.37. The summed E-state index contributed by atoms with van der Waals surface area (Å²) in [4.78, 5) is 12.7. The van der Waals surface area contributed by atoms with Gasteiger partial charge in [-0.15, -0.1) is 11.3 Å². The van der Waals surface area contributed by atoms with Gasteiger partial charge < -0.3 is 10.6 Å². The van der Waals surface area contributed by atoms with E-state index in [-0.39, 0.29) is 6.04 Å². The summed E-state index contributed by atoms with van der Waals surface area (Å²) < 4.78 is 1.76. The molecule has 0 bridgehead atoms. The van der Waals surface area contributed by atoms with Gasteiger partial charge in [0.05, 0.1) is 12.6 Å². The van der Waals surface area contributed by atoms with Crippen LogP contribution in [0.25, 0.3) is 0 Å². The Kier molecular flexibility index (Phi) is 6.21. The van der Waals surface area contributed by atoms with Crippen LogP contribution in [0, 0.1) is 0 Å². The van der Waals surface area contributed by atoms with Gasteiger partial charge in [-0.05, 0) is 29.0 Å². The highest BCUT2D eigenvalue weighted by atomic mass is 32.1. The molecule has 29 heavy (non-hydrogen) atoms.